The van der Waals surface area contributed by atoms with E-state index in [1.807, 2.05) is 0 Å². The van der Waals surface area contributed by atoms with Crippen molar-refractivity contribution in [3.8, 4) is 5.75 Å². The highest BCUT2D eigenvalue weighted by atomic mass is 35.5. The SMILES string of the molecule is O=C(CN(c1cccc(Cl)c1)S(=O)(=O)c1ccccc1)N/N=C\c1ccccc1O. The van der Waals surface area contributed by atoms with Crippen molar-refractivity contribution >= 4 is 39.4 Å². The van der Waals surface area contributed by atoms with Crippen molar-refractivity contribution in [2.75, 3.05) is 10.8 Å². The van der Waals surface area contributed by atoms with E-state index in [4.69, 9.17) is 11.6 Å². The van der Waals surface area contributed by atoms with Gasteiger partial charge in [0.05, 0.1) is 16.8 Å². The number of carbonyl (C=O) groups excluding carboxylic acids is 1. The number of nitrogens with one attached hydrogen (secondary N) is 1. The summed E-state index contributed by atoms with van der Waals surface area (Å²) >= 11 is 6.02. The number of carbonyl (C=O) groups is 1. The zero-order chi connectivity index (χ0) is 21.6. The van der Waals surface area contributed by atoms with Crippen LogP contribution >= 0.6 is 11.6 Å². The van der Waals surface area contributed by atoms with Gasteiger partial charge in [-0.1, -0.05) is 48.0 Å². The molecule has 7 nitrogen and oxygen atoms in total. The van der Waals surface area contributed by atoms with E-state index in [9.17, 15) is 18.3 Å². The van der Waals surface area contributed by atoms with Crippen molar-refractivity contribution in [2.45, 2.75) is 4.90 Å². The van der Waals surface area contributed by atoms with Crippen LogP contribution in [0.25, 0.3) is 0 Å². The molecule has 3 aromatic rings. The van der Waals surface area contributed by atoms with E-state index in [2.05, 4.69) is 10.5 Å². The lowest BCUT2D eigenvalue weighted by atomic mass is 10.2. The number of hydrazone groups is 1. The van der Waals surface area contributed by atoms with Gasteiger partial charge in [-0.05, 0) is 42.5 Å². The summed E-state index contributed by atoms with van der Waals surface area (Å²) in [5.74, 6) is -0.663. The Balaban J connectivity index is 1.84. The monoisotopic (exact) mass is 443 g/mol. The molecule has 0 radical (unpaired) electrons. The second-order valence-electron chi connectivity index (χ2n) is 6.16. The molecule has 2 N–H and O–H groups in total. The van der Waals surface area contributed by atoms with Crippen LogP contribution in [0.5, 0.6) is 5.75 Å². The number of phenols is 1. The predicted octanol–water partition coefficient (Wildman–Crippen LogP) is 3.39. The first-order valence-corrected chi connectivity index (χ1v) is 10.6. The molecule has 0 aliphatic carbocycles. The second kappa shape index (κ2) is 9.43. The summed E-state index contributed by atoms with van der Waals surface area (Å²) in [6, 6.07) is 20.4. The Hall–Kier alpha value is -3.36. The average Bonchev–Trinajstić information content (AvgIpc) is 2.74. The van der Waals surface area contributed by atoms with Crippen molar-refractivity contribution in [1.82, 2.24) is 5.43 Å². The number of hydrogen-bond donors (Lipinski definition) is 2. The van der Waals surface area contributed by atoms with Crippen LogP contribution in [0.3, 0.4) is 0 Å². The van der Waals surface area contributed by atoms with Gasteiger partial charge < -0.3 is 5.11 Å². The molecule has 0 atom stereocenters. The molecular formula is C21H18ClN3O4S. The Morgan fingerprint density at radius 1 is 1.03 bits per heavy atom. The number of para-hydroxylation sites is 1. The van der Waals surface area contributed by atoms with Crippen molar-refractivity contribution in [1.29, 1.82) is 0 Å². The van der Waals surface area contributed by atoms with Crippen molar-refractivity contribution in [2.24, 2.45) is 5.10 Å². The summed E-state index contributed by atoms with van der Waals surface area (Å²) in [4.78, 5) is 12.5. The number of phenolic OH excluding ortho intramolecular Hbond substituents is 1. The molecule has 0 bridgehead atoms. The first-order chi connectivity index (χ1) is 14.4. The molecule has 0 spiro atoms. The minimum atomic E-state index is -4.03. The van der Waals surface area contributed by atoms with Gasteiger partial charge in [-0.15, -0.1) is 0 Å². The standard InChI is InChI=1S/C21H18ClN3O4S/c22-17-8-6-9-18(13-17)25(30(28,29)19-10-2-1-3-11-19)15-21(27)24-23-14-16-7-4-5-12-20(16)26/h1-14,26H,15H2,(H,24,27)/b23-14-. The zero-order valence-electron chi connectivity index (χ0n) is 15.6. The third-order valence-corrected chi connectivity index (χ3v) is 6.07. The fraction of sp³-hybridized carbons (Fsp3) is 0.0476. The zero-order valence-corrected chi connectivity index (χ0v) is 17.2. The highest BCUT2D eigenvalue weighted by Gasteiger charge is 2.27. The van der Waals surface area contributed by atoms with Gasteiger partial charge in [-0.2, -0.15) is 5.10 Å². The van der Waals surface area contributed by atoms with E-state index in [0.717, 1.165) is 4.31 Å². The summed E-state index contributed by atoms with van der Waals surface area (Å²) in [5.41, 5.74) is 2.92. The van der Waals surface area contributed by atoms with Gasteiger partial charge in [0, 0.05) is 10.6 Å². The van der Waals surface area contributed by atoms with E-state index < -0.39 is 22.5 Å². The van der Waals surface area contributed by atoms with Crippen molar-refractivity contribution in [3.63, 3.8) is 0 Å². The highest BCUT2D eigenvalue weighted by molar-refractivity contribution is 7.92. The van der Waals surface area contributed by atoms with Gasteiger partial charge in [0.1, 0.15) is 12.3 Å². The Bertz CT molecular complexity index is 1170. The topological polar surface area (TPSA) is 99.1 Å². The van der Waals surface area contributed by atoms with E-state index in [0.29, 0.717) is 10.6 Å². The smallest absolute Gasteiger partial charge is 0.264 e. The van der Waals surface area contributed by atoms with Crippen molar-refractivity contribution < 1.29 is 18.3 Å². The Morgan fingerprint density at radius 2 is 1.73 bits per heavy atom. The third-order valence-electron chi connectivity index (χ3n) is 4.04. The lowest BCUT2D eigenvalue weighted by molar-refractivity contribution is -0.119. The molecule has 9 heteroatoms. The second-order valence-corrected chi connectivity index (χ2v) is 8.46. The minimum Gasteiger partial charge on any atom is -0.507 e. The fourth-order valence-corrected chi connectivity index (χ4v) is 4.22. The van der Waals surface area contributed by atoms with E-state index in [1.54, 1.807) is 54.6 Å². The van der Waals surface area contributed by atoms with Gasteiger partial charge in [0.25, 0.3) is 15.9 Å². The number of halogens is 1. The fourth-order valence-electron chi connectivity index (χ4n) is 2.60. The van der Waals surface area contributed by atoms with Crippen LogP contribution in [0.4, 0.5) is 5.69 Å². The van der Waals surface area contributed by atoms with Crippen LogP contribution in [0.1, 0.15) is 5.56 Å². The van der Waals surface area contributed by atoms with Gasteiger partial charge in [-0.3, -0.25) is 9.10 Å². The number of sulfonamides is 1. The summed E-state index contributed by atoms with van der Waals surface area (Å²) in [6.45, 7) is -0.518. The third kappa shape index (κ3) is 5.16. The Labute approximate surface area is 179 Å². The van der Waals surface area contributed by atoms with E-state index in [-0.39, 0.29) is 16.3 Å². The number of amides is 1. The first-order valence-electron chi connectivity index (χ1n) is 8.81. The molecule has 154 valence electrons. The molecule has 0 heterocycles. The van der Waals surface area contributed by atoms with Gasteiger partial charge in [0.15, 0.2) is 0 Å². The largest absolute Gasteiger partial charge is 0.507 e. The normalized spacial score (nSPS) is 11.4. The molecule has 0 unspecified atom stereocenters. The molecule has 3 aromatic carbocycles. The van der Waals surface area contributed by atoms with Gasteiger partial charge >= 0.3 is 0 Å². The van der Waals surface area contributed by atoms with Gasteiger partial charge in [0.2, 0.25) is 0 Å². The lowest BCUT2D eigenvalue weighted by Crippen LogP contribution is -2.39. The number of aromatic hydroxyl groups is 1. The number of rotatable bonds is 7. The number of nitrogens with zero attached hydrogens (tertiary/aromatic N) is 2. The molecule has 0 aliphatic rings. The molecular weight excluding hydrogens is 426 g/mol. The minimum absolute atomic E-state index is 0.00251. The molecule has 0 aliphatic heterocycles. The van der Waals surface area contributed by atoms with Crippen LogP contribution in [0, 0.1) is 0 Å². The number of benzene rings is 3. The maximum Gasteiger partial charge on any atom is 0.264 e. The Kier molecular flexibility index (Phi) is 6.71. The van der Waals surface area contributed by atoms with E-state index in [1.165, 1.54) is 30.5 Å². The maximum absolute atomic E-state index is 13.2. The molecule has 0 aromatic heterocycles. The molecule has 1 amide bonds. The quantitative estimate of drug-likeness (QED) is 0.432. The predicted molar refractivity (Wildman–Crippen MR) is 116 cm³/mol. The summed E-state index contributed by atoms with van der Waals surface area (Å²) < 4.78 is 27.3. The molecule has 0 saturated heterocycles. The van der Waals surface area contributed by atoms with Crippen LogP contribution in [0.15, 0.2) is 88.9 Å². The molecule has 0 fully saturated rings. The first kappa shape index (κ1) is 21.4. The summed E-state index contributed by atoms with van der Waals surface area (Å²) in [6.07, 6.45) is 1.27. The van der Waals surface area contributed by atoms with E-state index >= 15 is 0 Å². The molecule has 30 heavy (non-hydrogen) atoms. The lowest BCUT2D eigenvalue weighted by Gasteiger charge is -2.23. The van der Waals surface area contributed by atoms with Crippen LogP contribution < -0.4 is 9.73 Å². The van der Waals surface area contributed by atoms with Crippen LogP contribution in [-0.2, 0) is 14.8 Å². The van der Waals surface area contributed by atoms with Crippen LogP contribution in [0.2, 0.25) is 5.02 Å². The maximum atomic E-state index is 13.2. The summed E-state index contributed by atoms with van der Waals surface area (Å²) in [5, 5.41) is 13.8. The van der Waals surface area contributed by atoms with Crippen molar-refractivity contribution in [3.05, 3.63) is 89.4 Å². The van der Waals surface area contributed by atoms with Crippen LogP contribution in [-0.4, -0.2) is 32.2 Å². The average molecular weight is 444 g/mol. The molecule has 0 saturated carbocycles. The van der Waals surface area contributed by atoms with Gasteiger partial charge in [-0.25, -0.2) is 13.8 Å². The number of anilines is 1. The number of hydrogen-bond acceptors (Lipinski definition) is 5. The summed E-state index contributed by atoms with van der Waals surface area (Å²) in [7, 11) is -4.03. The molecule has 3 rings (SSSR count). The highest BCUT2D eigenvalue weighted by Crippen LogP contribution is 2.25. The Morgan fingerprint density at radius 3 is 2.43 bits per heavy atom.